The number of anilines is 1. The Kier molecular flexibility index (Phi) is 8.36. The molecule has 1 aromatic rings. The minimum atomic E-state index is 0.772. The zero-order valence-electron chi connectivity index (χ0n) is 13.6. The highest BCUT2D eigenvalue weighted by Crippen LogP contribution is 2.21. The molecule has 0 radical (unpaired) electrons. The van der Waals surface area contributed by atoms with Crippen LogP contribution in [0.3, 0.4) is 0 Å². The van der Waals surface area contributed by atoms with Crippen molar-refractivity contribution in [3.8, 4) is 0 Å². The molecular weight excluding hydrogens is 244 g/mol. The predicted molar refractivity (Wildman–Crippen MR) is 90.4 cm³/mol. The highest BCUT2D eigenvalue weighted by molar-refractivity contribution is 5.47. The van der Waals surface area contributed by atoms with Gasteiger partial charge in [-0.1, -0.05) is 50.8 Å². The van der Waals surface area contributed by atoms with E-state index in [4.69, 9.17) is 5.73 Å². The van der Waals surface area contributed by atoms with Crippen LogP contribution in [0.1, 0.15) is 51.5 Å². The first-order valence-electron chi connectivity index (χ1n) is 8.22. The van der Waals surface area contributed by atoms with E-state index in [1.54, 1.807) is 0 Å². The lowest BCUT2D eigenvalue weighted by Gasteiger charge is -2.29. The van der Waals surface area contributed by atoms with Crippen LogP contribution >= 0.6 is 0 Å². The van der Waals surface area contributed by atoms with E-state index in [9.17, 15) is 0 Å². The summed E-state index contributed by atoms with van der Waals surface area (Å²) in [5.74, 6) is 0.800. The van der Waals surface area contributed by atoms with Gasteiger partial charge in [0.05, 0.1) is 0 Å². The molecule has 0 saturated heterocycles. The molecule has 1 unspecified atom stereocenters. The minimum absolute atomic E-state index is 0.772. The molecule has 1 rings (SSSR count). The topological polar surface area (TPSA) is 29.3 Å². The van der Waals surface area contributed by atoms with Gasteiger partial charge in [-0.05, 0) is 44.4 Å². The number of benzene rings is 1. The van der Waals surface area contributed by atoms with E-state index in [-0.39, 0.29) is 0 Å². The van der Waals surface area contributed by atoms with Crippen molar-refractivity contribution in [3.63, 3.8) is 0 Å². The van der Waals surface area contributed by atoms with Crippen molar-refractivity contribution < 1.29 is 0 Å². The van der Waals surface area contributed by atoms with Crippen LogP contribution in [0.15, 0.2) is 24.3 Å². The summed E-state index contributed by atoms with van der Waals surface area (Å²) < 4.78 is 0. The van der Waals surface area contributed by atoms with Gasteiger partial charge in [0.15, 0.2) is 0 Å². The predicted octanol–water partition coefficient (Wildman–Crippen LogP) is 4.37. The Hall–Kier alpha value is -1.02. The lowest BCUT2D eigenvalue weighted by atomic mass is 9.98. The van der Waals surface area contributed by atoms with E-state index < -0.39 is 0 Å². The second-order valence-corrected chi connectivity index (χ2v) is 5.84. The third kappa shape index (κ3) is 5.96. The first-order chi connectivity index (χ1) is 9.71. The summed E-state index contributed by atoms with van der Waals surface area (Å²) in [6.45, 7) is 9.75. The SMILES string of the molecule is CCCCC(CC)CN(CCCN)c1ccc(C)cc1. The number of hydrogen-bond donors (Lipinski definition) is 1. The third-order valence-electron chi connectivity index (χ3n) is 4.05. The average molecular weight is 276 g/mol. The smallest absolute Gasteiger partial charge is 0.0366 e. The lowest BCUT2D eigenvalue weighted by molar-refractivity contribution is 0.444. The molecule has 0 amide bonds. The molecule has 114 valence electrons. The lowest BCUT2D eigenvalue weighted by Crippen LogP contribution is -2.31. The molecule has 1 atom stereocenters. The van der Waals surface area contributed by atoms with E-state index in [2.05, 4.69) is 49.9 Å². The highest BCUT2D eigenvalue weighted by Gasteiger charge is 2.13. The summed E-state index contributed by atoms with van der Waals surface area (Å²) in [5.41, 5.74) is 8.37. The van der Waals surface area contributed by atoms with Crippen molar-refractivity contribution >= 4 is 5.69 Å². The fraction of sp³-hybridized carbons (Fsp3) is 0.667. The van der Waals surface area contributed by atoms with E-state index in [0.717, 1.165) is 25.4 Å². The Bertz CT molecular complexity index is 345. The summed E-state index contributed by atoms with van der Waals surface area (Å²) >= 11 is 0. The van der Waals surface area contributed by atoms with Crippen LogP contribution < -0.4 is 10.6 Å². The Morgan fingerprint density at radius 3 is 2.35 bits per heavy atom. The minimum Gasteiger partial charge on any atom is -0.371 e. The first kappa shape index (κ1) is 17.0. The van der Waals surface area contributed by atoms with Gasteiger partial charge >= 0.3 is 0 Å². The van der Waals surface area contributed by atoms with Gasteiger partial charge in [0.25, 0.3) is 0 Å². The average Bonchev–Trinajstić information content (AvgIpc) is 2.48. The van der Waals surface area contributed by atoms with Crippen LogP contribution in [0.2, 0.25) is 0 Å². The molecule has 0 aliphatic rings. The van der Waals surface area contributed by atoms with Gasteiger partial charge in [-0.2, -0.15) is 0 Å². The molecule has 0 saturated carbocycles. The summed E-state index contributed by atoms with van der Waals surface area (Å²) in [5, 5.41) is 0. The van der Waals surface area contributed by atoms with Gasteiger partial charge in [-0.25, -0.2) is 0 Å². The molecule has 0 aliphatic heterocycles. The molecular formula is C18H32N2. The number of hydrogen-bond acceptors (Lipinski definition) is 2. The molecule has 0 aliphatic carbocycles. The van der Waals surface area contributed by atoms with Crippen molar-refractivity contribution in [2.24, 2.45) is 11.7 Å². The van der Waals surface area contributed by atoms with E-state index in [1.807, 2.05) is 0 Å². The Morgan fingerprint density at radius 2 is 1.80 bits per heavy atom. The Morgan fingerprint density at radius 1 is 1.10 bits per heavy atom. The van der Waals surface area contributed by atoms with Crippen LogP contribution in [0.25, 0.3) is 0 Å². The maximum Gasteiger partial charge on any atom is 0.0366 e. The molecule has 20 heavy (non-hydrogen) atoms. The van der Waals surface area contributed by atoms with Crippen molar-refractivity contribution in [1.82, 2.24) is 0 Å². The van der Waals surface area contributed by atoms with Gasteiger partial charge in [0.2, 0.25) is 0 Å². The molecule has 0 aromatic heterocycles. The summed E-state index contributed by atoms with van der Waals surface area (Å²) in [7, 11) is 0. The van der Waals surface area contributed by atoms with Gasteiger partial charge in [0.1, 0.15) is 0 Å². The molecule has 0 heterocycles. The number of nitrogens with zero attached hydrogens (tertiary/aromatic N) is 1. The second kappa shape index (κ2) is 9.82. The quantitative estimate of drug-likeness (QED) is 0.687. The molecule has 0 fully saturated rings. The molecule has 2 heteroatoms. The number of rotatable bonds is 10. The van der Waals surface area contributed by atoms with Crippen molar-refractivity contribution in [3.05, 3.63) is 29.8 Å². The standard InChI is InChI=1S/C18H32N2/c1-4-6-8-17(5-2)15-20(14-7-13-19)18-11-9-16(3)10-12-18/h9-12,17H,4-8,13-15,19H2,1-3H3. The normalized spacial score (nSPS) is 12.4. The van der Waals surface area contributed by atoms with E-state index in [0.29, 0.717) is 0 Å². The molecule has 2 N–H and O–H groups in total. The van der Waals surface area contributed by atoms with Crippen LogP contribution in [0, 0.1) is 12.8 Å². The zero-order valence-corrected chi connectivity index (χ0v) is 13.6. The fourth-order valence-electron chi connectivity index (χ4n) is 2.59. The maximum atomic E-state index is 5.70. The van der Waals surface area contributed by atoms with Crippen molar-refractivity contribution in [2.45, 2.75) is 52.9 Å². The van der Waals surface area contributed by atoms with Crippen LogP contribution in [0.5, 0.6) is 0 Å². The van der Waals surface area contributed by atoms with Crippen molar-refractivity contribution in [2.75, 3.05) is 24.5 Å². The molecule has 2 nitrogen and oxygen atoms in total. The van der Waals surface area contributed by atoms with Crippen LogP contribution in [-0.2, 0) is 0 Å². The molecule has 0 spiro atoms. The summed E-state index contributed by atoms with van der Waals surface area (Å²) in [4.78, 5) is 2.52. The second-order valence-electron chi connectivity index (χ2n) is 5.84. The molecule has 1 aromatic carbocycles. The highest BCUT2D eigenvalue weighted by atomic mass is 15.1. The Labute approximate surface area is 125 Å². The summed E-state index contributed by atoms with van der Waals surface area (Å²) in [6, 6.07) is 8.91. The third-order valence-corrected chi connectivity index (χ3v) is 4.05. The largest absolute Gasteiger partial charge is 0.371 e. The zero-order chi connectivity index (χ0) is 14.8. The monoisotopic (exact) mass is 276 g/mol. The number of aryl methyl sites for hydroxylation is 1. The number of nitrogens with two attached hydrogens (primary N) is 1. The van der Waals surface area contributed by atoms with Crippen LogP contribution in [0.4, 0.5) is 5.69 Å². The van der Waals surface area contributed by atoms with E-state index >= 15 is 0 Å². The summed E-state index contributed by atoms with van der Waals surface area (Å²) in [6.07, 6.45) is 6.32. The fourth-order valence-corrected chi connectivity index (χ4v) is 2.59. The van der Waals surface area contributed by atoms with E-state index in [1.165, 1.54) is 43.5 Å². The molecule has 0 bridgehead atoms. The van der Waals surface area contributed by atoms with Gasteiger partial charge in [0, 0.05) is 18.8 Å². The van der Waals surface area contributed by atoms with Crippen molar-refractivity contribution in [1.29, 1.82) is 0 Å². The van der Waals surface area contributed by atoms with Gasteiger partial charge < -0.3 is 10.6 Å². The van der Waals surface area contributed by atoms with Crippen LogP contribution in [-0.4, -0.2) is 19.6 Å². The van der Waals surface area contributed by atoms with Gasteiger partial charge in [-0.15, -0.1) is 0 Å². The van der Waals surface area contributed by atoms with Gasteiger partial charge in [-0.3, -0.25) is 0 Å². The first-order valence-corrected chi connectivity index (χ1v) is 8.22. The maximum absolute atomic E-state index is 5.70. The number of unbranched alkanes of at least 4 members (excludes halogenated alkanes) is 1. The Balaban J connectivity index is 2.69.